The van der Waals surface area contributed by atoms with E-state index in [0.29, 0.717) is 17.5 Å². The molecule has 0 saturated heterocycles. The van der Waals surface area contributed by atoms with Gasteiger partial charge in [-0.25, -0.2) is 15.0 Å². The van der Waals surface area contributed by atoms with E-state index in [9.17, 15) is 0 Å². The zero-order valence-electron chi connectivity index (χ0n) is 29.7. The lowest BCUT2D eigenvalue weighted by atomic mass is 9.84. The Morgan fingerprint density at radius 3 is 1.76 bits per heavy atom. The van der Waals surface area contributed by atoms with Crippen molar-refractivity contribution in [2.24, 2.45) is 0 Å². The number of rotatable bonds is 7. The summed E-state index contributed by atoms with van der Waals surface area (Å²) in [6, 6.07) is 56.4. The zero-order chi connectivity index (χ0) is 36.3. The average Bonchev–Trinajstić information content (AvgIpc) is 3.25. The molecule has 0 saturated carbocycles. The number of benzene rings is 6. The number of nitrogens with zero attached hydrogens (tertiary/aromatic N) is 4. The first-order valence-corrected chi connectivity index (χ1v) is 18.3. The molecule has 0 bridgehead atoms. The summed E-state index contributed by atoms with van der Waals surface area (Å²) in [6.07, 6.45) is 9.76. The first kappa shape index (κ1) is 32.8. The topological polar surface area (TPSA) is 51.6 Å². The van der Waals surface area contributed by atoms with Crippen LogP contribution in [-0.4, -0.2) is 19.9 Å². The van der Waals surface area contributed by atoms with Gasteiger partial charge in [0, 0.05) is 39.8 Å². The summed E-state index contributed by atoms with van der Waals surface area (Å²) >= 11 is 0. The molecule has 2 aromatic heterocycles. The van der Waals surface area contributed by atoms with Gasteiger partial charge in [-0.1, -0.05) is 164 Å². The Balaban J connectivity index is 1.18. The Labute approximate surface area is 314 Å². The van der Waals surface area contributed by atoms with Gasteiger partial charge in [0.15, 0.2) is 17.5 Å². The quantitative estimate of drug-likeness (QED) is 0.167. The summed E-state index contributed by atoms with van der Waals surface area (Å²) < 4.78 is 0. The molecule has 0 fully saturated rings. The molecule has 0 amide bonds. The van der Waals surface area contributed by atoms with Crippen molar-refractivity contribution in [2.45, 2.75) is 12.3 Å². The first-order chi connectivity index (χ1) is 26.7. The lowest BCUT2D eigenvalue weighted by Crippen LogP contribution is -2.26. The van der Waals surface area contributed by atoms with Crippen molar-refractivity contribution in [1.82, 2.24) is 19.9 Å². The van der Waals surface area contributed by atoms with Gasteiger partial charge in [0.2, 0.25) is 0 Å². The van der Waals surface area contributed by atoms with Gasteiger partial charge < -0.3 is 0 Å². The lowest BCUT2D eigenvalue weighted by molar-refractivity contribution is 0.849. The Kier molecular flexibility index (Phi) is 8.84. The maximum absolute atomic E-state index is 5.10. The Morgan fingerprint density at radius 1 is 0.537 bits per heavy atom. The van der Waals surface area contributed by atoms with E-state index in [1.54, 1.807) is 0 Å². The molecule has 4 heteroatoms. The fourth-order valence-corrected chi connectivity index (χ4v) is 7.22. The Bertz CT molecular complexity index is 2750. The lowest BCUT2D eigenvalue weighted by Gasteiger charge is -2.21. The fraction of sp³-hybridized carbons (Fsp3) is 0.0400. The minimum absolute atomic E-state index is 0.129. The maximum Gasteiger partial charge on any atom is 0.164 e. The number of hydrogen-bond acceptors (Lipinski definition) is 4. The Morgan fingerprint density at radius 2 is 1.11 bits per heavy atom. The van der Waals surface area contributed by atoms with Crippen LogP contribution in [0, 0.1) is 0 Å². The van der Waals surface area contributed by atoms with Crippen LogP contribution in [0.15, 0.2) is 194 Å². The van der Waals surface area contributed by atoms with Crippen molar-refractivity contribution in [1.29, 1.82) is 0 Å². The predicted octanol–water partition coefficient (Wildman–Crippen LogP) is 10.4. The molecule has 6 aromatic carbocycles. The third-order valence-electron chi connectivity index (χ3n) is 10.0. The van der Waals surface area contributed by atoms with Gasteiger partial charge in [0.1, 0.15) is 0 Å². The van der Waals surface area contributed by atoms with Gasteiger partial charge in [-0.2, -0.15) is 0 Å². The summed E-state index contributed by atoms with van der Waals surface area (Å²) in [5.74, 6) is 2.02. The van der Waals surface area contributed by atoms with E-state index in [2.05, 4.69) is 116 Å². The number of fused-ring (bicyclic) bond motifs is 1. The summed E-state index contributed by atoms with van der Waals surface area (Å²) in [7, 11) is 0. The number of pyridine rings is 1. The molecule has 2 heterocycles. The smallest absolute Gasteiger partial charge is 0.164 e. The number of hydrogen-bond donors (Lipinski definition) is 0. The molecule has 1 atom stereocenters. The van der Waals surface area contributed by atoms with Crippen LogP contribution < -0.4 is 10.4 Å². The van der Waals surface area contributed by atoms with E-state index in [4.69, 9.17) is 19.9 Å². The monoisotopic (exact) mass is 692 g/mol. The van der Waals surface area contributed by atoms with Crippen molar-refractivity contribution in [3.63, 3.8) is 0 Å². The van der Waals surface area contributed by atoms with E-state index < -0.39 is 0 Å². The molecule has 4 nitrogen and oxygen atoms in total. The molecule has 1 unspecified atom stereocenters. The van der Waals surface area contributed by atoms with Crippen molar-refractivity contribution in [3.05, 3.63) is 215 Å². The summed E-state index contributed by atoms with van der Waals surface area (Å²) in [5.41, 5.74) is 9.44. The maximum atomic E-state index is 5.10. The molecule has 9 rings (SSSR count). The van der Waals surface area contributed by atoms with Gasteiger partial charge in [0.25, 0.3) is 0 Å². The molecular formula is C50H36N4. The van der Waals surface area contributed by atoms with Crippen molar-refractivity contribution in [2.75, 3.05) is 0 Å². The largest absolute Gasteiger partial charge is 0.256 e. The minimum atomic E-state index is 0.129. The highest BCUT2D eigenvalue weighted by Crippen LogP contribution is 2.37. The van der Waals surface area contributed by atoms with Gasteiger partial charge >= 0.3 is 0 Å². The second-order valence-electron chi connectivity index (χ2n) is 13.6. The van der Waals surface area contributed by atoms with Gasteiger partial charge in [0.05, 0.1) is 5.69 Å². The molecule has 1 aliphatic carbocycles. The van der Waals surface area contributed by atoms with Crippen molar-refractivity contribution >= 4 is 22.9 Å². The average molecular weight is 693 g/mol. The summed E-state index contributed by atoms with van der Waals surface area (Å²) in [5, 5.41) is 4.41. The molecule has 1 aliphatic rings. The summed E-state index contributed by atoms with van der Waals surface area (Å²) in [4.78, 5) is 20.1. The van der Waals surface area contributed by atoms with Crippen LogP contribution in [0.2, 0.25) is 0 Å². The van der Waals surface area contributed by atoms with Crippen LogP contribution in [0.3, 0.4) is 0 Å². The van der Waals surface area contributed by atoms with E-state index in [0.717, 1.165) is 55.6 Å². The normalized spacial score (nSPS) is 14.4. The highest BCUT2D eigenvalue weighted by molar-refractivity contribution is 5.86. The van der Waals surface area contributed by atoms with E-state index in [-0.39, 0.29) is 5.92 Å². The van der Waals surface area contributed by atoms with Crippen molar-refractivity contribution in [3.8, 4) is 45.4 Å². The Hall–Kier alpha value is -7.04. The van der Waals surface area contributed by atoms with E-state index in [1.165, 1.54) is 22.3 Å². The summed E-state index contributed by atoms with van der Waals surface area (Å²) in [6.45, 7) is 4.38. The second kappa shape index (κ2) is 14.5. The molecule has 0 aliphatic heterocycles. The third-order valence-corrected chi connectivity index (χ3v) is 10.0. The fourth-order valence-electron chi connectivity index (χ4n) is 7.22. The molecule has 0 N–H and O–H groups in total. The number of allylic oxidation sites excluding steroid dienone is 4. The molecular weight excluding hydrogens is 657 g/mol. The minimum Gasteiger partial charge on any atom is -0.256 e. The SMILES string of the molecule is C=c1cccc/c1=C(\C1=CCC(c2cc(-c3cc4ccccc4cn3)cc(-c3nc(-c4ccccc4)nc(-c4ccccc4)n3)c2)C=C1)c1ccccc1. The van der Waals surface area contributed by atoms with Crippen LogP contribution in [0.5, 0.6) is 0 Å². The zero-order valence-corrected chi connectivity index (χ0v) is 29.7. The van der Waals surface area contributed by atoms with E-state index in [1.807, 2.05) is 79.0 Å². The molecule has 0 radical (unpaired) electrons. The van der Waals surface area contributed by atoms with Crippen LogP contribution in [0.1, 0.15) is 23.5 Å². The van der Waals surface area contributed by atoms with Crippen LogP contribution in [-0.2, 0) is 0 Å². The molecule has 256 valence electrons. The van der Waals surface area contributed by atoms with Crippen LogP contribution >= 0.6 is 0 Å². The second-order valence-corrected chi connectivity index (χ2v) is 13.6. The molecule has 0 spiro atoms. The molecule has 8 aromatic rings. The van der Waals surface area contributed by atoms with Crippen molar-refractivity contribution < 1.29 is 0 Å². The third kappa shape index (κ3) is 6.69. The predicted molar refractivity (Wildman–Crippen MR) is 222 cm³/mol. The van der Waals surface area contributed by atoms with E-state index >= 15 is 0 Å². The van der Waals surface area contributed by atoms with Crippen LogP contribution in [0.4, 0.5) is 0 Å². The molecule has 54 heavy (non-hydrogen) atoms. The van der Waals surface area contributed by atoms with Gasteiger partial charge in [-0.3, -0.25) is 4.98 Å². The number of aromatic nitrogens is 4. The van der Waals surface area contributed by atoms with Gasteiger partial charge in [-0.05, 0) is 68.8 Å². The highest BCUT2D eigenvalue weighted by Gasteiger charge is 2.20. The van der Waals surface area contributed by atoms with Crippen LogP contribution in [0.25, 0.3) is 68.3 Å². The van der Waals surface area contributed by atoms with Gasteiger partial charge in [-0.15, -0.1) is 0 Å². The standard InChI is InChI=1S/C50H36N4/c1-34-15-11-14-24-45(34)47(36-16-5-2-6-17-36)37-27-25-35(26-28-37)42-29-43(46-32-40-22-12-13-23-41(40)33-51-46)31-44(30-42)50-53-48(38-18-7-3-8-19-38)52-49(54-50)39-20-9-4-10-21-39/h2-25,27-33,35H,1,26H2/b47-45+. The first-order valence-electron chi connectivity index (χ1n) is 18.3. The highest BCUT2D eigenvalue weighted by atomic mass is 15.0.